The van der Waals surface area contributed by atoms with E-state index in [1.807, 2.05) is 0 Å². The number of hydrogen-bond donors (Lipinski definition) is 5. The van der Waals surface area contributed by atoms with E-state index in [2.05, 4.69) is 0 Å². The lowest BCUT2D eigenvalue weighted by Crippen LogP contribution is -2.58. The maximum Gasteiger partial charge on any atom is 0.255 e. The van der Waals surface area contributed by atoms with Crippen LogP contribution in [0.15, 0.2) is 53.3 Å². The minimum atomic E-state index is -2.60. The highest BCUT2D eigenvalue weighted by molar-refractivity contribution is 6.22. The van der Waals surface area contributed by atoms with Gasteiger partial charge in [-0.15, -0.1) is 0 Å². The number of hydrogen-bond acceptors (Lipinski definition) is 7. The molecule has 0 radical (unpaired) electrons. The Morgan fingerprint density at radius 1 is 1.03 bits per heavy atom. The van der Waals surface area contributed by atoms with Crippen molar-refractivity contribution >= 4 is 23.2 Å². The number of amides is 1. The van der Waals surface area contributed by atoms with Crippen LogP contribution < -0.4 is 5.73 Å². The summed E-state index contributed by atoms with van der Waals surface area (Å²) in [5, 5.41) is 43.5. The number of rotatable bonds is 2. The summed E-state index contributed by atoms with van der Waals surface area (Å²) >= 11 is 0. The van der Waals surface area contributed by atoms with Gasteiger partial charge in [-0.1, -0.05) is 18.2 Å². The summed E-state index contributed by atoms with van der Waals surface area (Å²) in [5.41, 5.74) is 3.31. The van der Waals surface area contributed by atoms with E-state index in [-0.39, 0.29) is 36.1 Å². The molecule has 8 nitrogen and oxygen atoms in total. The maximum absolute atomic E-state index is 13.5. The second-order valence-corrected chi connectivity index (χ2v) is 8.90. The van der Waals surface area contributed by atoms with Crippen LogP contribution in [0, 0.1) is 17.7 Å². The molecule has 0 aliphatic heterocycles. The highest BCUT2D eigenvalue weighted by Gasteiger charge is 2.60. The Kier molecular flexibility index (Phi) is 4.66. The monoisotopic (exact) mass is 465 g/mol. The number of Topliss-reactive ketones (excluding diaryl/α,β-unsaturated/α-hetero) is 2. The number of phenolic OH excluding ortho intramolecular Hbond substituents is 1. The molecule has 2 aromatic rings. The van der Waals surface area contributed by atoms with E-state index in [0.29, 0.717) is 16.7 Å². The summed E-state index contributed by atoms with van der Waals surface area (Å²) in [5.74, 6) is -7.16. The standard InChI is InChI=1S/C25H20FNO7/c26-13-3-1-10(2-4-13)14-5-6-16(28)19-15(14)8-11-7-12-9-17(29)20(24(27)33)23(32)25(12,34)22(31)18(11)21(19)30/h1-6,11-12,28,30,32,34H,7-9H2,(H2,27,33)/t11-,12+,25+/m1/s1. The highest BCUT2D eigenvalue weighted by atomic mass is 19.1. The summed E-state index contributed by atoms with van der Waals surface area (Å²) < 4.78 is 13.4. The fraction of sp³-hybridized carbons (Fsp3) is 0.240. The molecule has 1 fully saturated rings. The maximum atomic E-state index is 13.5. The van der Waals surface area contributed by atoms with Crippen LogP contribution in [0.1, 0.15) is 24.0 Å². The number of carbonyl (C=O) groups excluding carboxylic acids is 3. The summed E-state index contributed by atoms with van der Waals surface area (Å²) in [6.45, 7) is 0. The predicted molar refractivity (Wildman–Crippen MR) is 117 cm³/mol. The molecule has 5 rings (SSSR count). The van der Waals surface area contributed by atoms with Gasteiger partial charge in [0.15, 0.2) is 11.4 Å². The Labute approximate surface area is 192 Å². The first kappa shape index (κ1) is 21.8. The molecule has 0 aromatic heterocycles. The molecule has 1 amide bonds. The molecule has 0 spiro atoms. The molecule has 2 aromatic carbocycles. The predicted octanol–water partition coefficient (Wildman–Crippen LogP) is 2.23. The highest BCUT2D eigenvalue weighted by Crippen LogP contribution is 2.53. The lowest BCUT2D eigenvalue weighted by molar-refractivity contribution is -0.147. The van der Waals surface area contributed by atoms with Gasteiger partial charge in [-0.2, -0.15) is 0 Å². The van der Waals surface area contributed by atoms with Crippen molar-refractivity contribution in [3.63, 3.8) is 0 Å². The molecule has 3 aliphatic rings. The second kappa shape index (κ2) is 7.26. The first-order chi connectivity index (χ1) is 16.1. The van der Waals surface area contributed by atoms with Crippen molar-refractivity contribution in [2.45, 2.75) is 24.9 Å². The van der Waals surface area contributed by atoms with E-state index in [9.17, 15) is 39.2 Å². The van der Waals surface area contributed by atoms with Crippen LogP contribution in [0.2, 0.25) is 0 Å². The van der Waals surface area contributed by atoms with Crippen LogP contribution in [0.3, 0.4) is 0 Å². The molecule has 0 bridgehead atoms. The smallest absolute Gasteiger partial charge is 0.255 e. The lowest BCUT2D eigenvalue weighted by atomic mass is 9.59. The molecule has 3 atom stereocenters. The number of benzene rings is 2. The Hall–Kier alpha value is -3.98. The first-order valence-electron chi connectivity index (χ1n) is 10.6. The molecule has 0 heterocycles. The molecule has 6 N–H and O–H groups in total. The number of phenols is 1. The van der Waals surface area contributed by atoms with Gasteiger partial charge in [-0.25, -0.2) is 4.39 Å². The fourth-order valence-electron chi connectivity index (χ4n) is 5.52. The average molecular weight is 465 g/mol. The zero-order chi connectivity index (χ0) is 24.5. The SMILES string of the molecule is NC(=O)C1=C(O)[C@@]2(O)C(=O)C3=C(O)c4c(O)ccc(-c5ccc(F)cc5)c4C[C@H]3C[C@H]2CC1=O. The number of nitrogens with two attached hydrogens (primary N) is 1. The molecule has 3 aliphatic carbocycles. The van der Waals surface area contributed by atoms with Gasteiger partial charge in [0.1, 0.15) is 28.7 Å². The second-order valence-electron chi connectivity index (χ2n) is 8.90. The number of carbonyl (C=O) groups is 3. The van der Waals surface area contributed by atoms with Crippen LogP contribution in [0.4, 0.5) is 4.39 Å². The third-order valence-corrected chi connectivity index (χ3v) is 7.10. The van der Waals surface area contributed by atoms with Gasteiger partial charge in [0.05, 0.1) is 5.56 Å². The molecule has 34 heavy (non-hydrogen) atoms. The van der Waals surface area contributed by atoms with Gasteiger partial charge >= 0.3 is 0 Å². The Morgan fingerprint density at radius 3 is 2.35 bits per heavy atom. The normalized spacial score (nSPS) is 26.2. The number of halogens is 1. The number of fused-ring (bicyclic) bond motifs is 3. The Morgan fingerprint density at radius 2 is 1.71 bits per heavy atom. The van der Waals surface area contributed by atoms with Crippen molar-refractivity contribution in [1.29, 1.82) is 0 Å². The van der Waals surface area contributed by atoms with Gasteiger partial charge in [0.2, 0.25) is 5.78 Å². The van der Waals surface area contributed by atoms with E-state index in [4.69, 9.17) is 5.73 Å². The van der Waals surface area contributed by atoms with Crippen molar-refractivity contribution in [3.05, 3.63) is 70.2 Å². The van der Waals surface area contributed by atoms with Gasteiger partial charge in [-0.05, 0) is 53.6 Å². The molecule has 1 saturated carbocycles. The molecule has 0 saturated heterocycles. The van der Waals surface area contributed by atoms with Crippen molar-refractivity contribution in [2.75, 3.05) is 0 Å². The molecule has 174 valence electrons. The molecular formula is C25H20FNO7. The Balaban J connectivity index is 1.70. The summed E-state index contributed by atoms with van der Waals surface area (Å²) in [6, 6.07) is 8.62. The van der Waals surface area contributed by atoms with E-state index < -0.39 is 57.8 Å². The summed E-state index contributed by atoms with van der Waals surface area (Å²) in [6.07, 6.45) is -0.163. The van der Waals surface area contributed by atoms with Crippen LogP contribution in [-0.2, 0) is 20.8 Å². The van der Waals surface area contributed by atoms with Crippen LogP contribution in [0.25, 0.3) is 16.9 Å². The fourth-order valence-corrected chi connectivity index (χ4v) is 5.52. The molecular weight excluding hydrogens is 445 g/mol. The number of aliphatic hydroxyl groups excluding tert-OH is 2. The van der Waals surface area contributed by atoms with Crippen LogP contribution in [0.5, 0.6) is 5.75 Å². The zero-order valence-corrected chi connectivity index (χ0v) is 17.7. The number of primary amides is 1. The zero-order valence-electron chi connectivity index (χ0n) is 17.7. The summed E-state index contributed by atoms with van der Waals surface area (Å²) in [4.78, 5) is 37.6. The van der Waals surface area contributed by atoms with Crippen LogP contribution in [-0.4, -0.2) is 43.5 Å². The third-order valence-electron chi connectivity index (χ3n) is 7.10. The van der Waals surface area contributed by atoms with E-state index in [1.165, 1.54) is 18.2 Å². The minimum Gasteiger partial charge on any atom is -0.508 e. The lowest BCUT2D eigenvalue weighted by Gasteiger charge is -2.46. The quantitative estimate of drug-likeness (QED) is 0.426. The average Bonchev–Trinajstić information content (AvgIpc) is 2.77. The van der Waals surface area contributed by atoms with E-state index in [1.54, 1.807) is 18.2 Å². The van der Waals surface area contributed by atoms with Gasteiger partial charge in [-0.3, -0.25) is 14.4 Å². The van der Waals surface area contributed by atoms with E-state index in [0.717, 1.165) is 0 Å². The minimum absolute atomic E-state index is 0.00560. The topological polar surface area (TPSA) is 158 Å². The van der Waals surface area contributed by atoms with Crippen molar-refractivity contribution in [3.8, 4) is 16.9 Å². The van der Waals surface area contributed by atoms with Crippen molar-refractivity contribution < 1.29 is 39.2 Å². The number of ketones is 2. The molecule has 0 unspecified atom stereocenters. The van der Waals surface area contributed by atoms with E-state index >= 15 is 0 Å². The van der Waals surface area contributed by atoms with Crippen molar-refractivity contribution in [2.24, 2.45) is 17.6 Å². The number of aliphatic hydroxyl groups is 3. The largest absolute Gasteiger partial charge is 0.508 e. The molecule has 9 heteroatoms. The number of aromatic hydroxyl groups is 1. The van der Waals surface area contributed by atoms with Crippen LogP contribution >= 0.6 is 0 Å². The summed E-state index contributed by atoms with van der Waals surface area (Å²) in [7, 11) is 0. The third kappa shape index (κ3) is 2.83. The van der Waals surface area contributed by atoms with Gasteiger partial charge < -0.3 is 26.2 Å². The van der Waals surface area contributed by atoms with Crippen molar-refractivity contribution in [1.82, 2.24) is 0 Å². The Bertz CT molecular complexity index is 1360. The first-order valence-corrected chi connectivity index (χ1v) is 10.6. The van der Waals surface area contributed by atoms with Gasteiger partial charge in [0, 0.05) is 17.9 Å². The van der Waals surface area contributed by atoms with Gasteiger partial charge in [0.25, 0.3) is 5.91 Å².